The van der Waals surface area contributed by atoms with Crippen LogP contribution in [0.5, 0.6) is 5.75 Å². The van der Waals surface area contributed by atoms with Gasteiger partial charge in [0.15, 0.2) is 6.61 Å². The Hall–Kier alpha value is -3.28. The van der Waals surface area contributed by atoms with E-state index in [-0.39, 0.29) is 25.1 Å². The Morgan fingerprint density at radius 1 is 1.11 bits per heavy atom. The second kappa shape index (κ2) is 7.76. The van der Waals surface area contributed by atoms with Crippen LogP contribution in [0.2, 0.25) is 0 Å². The topological polar surface area (TPSA) is 80.6 Å². The molecule has 0 aliphatic heterocycles. The third-order valence-corrected chi connectivity index (χ3v) is 5.15. The van der Waals surface area contributed by atoms with E-state index in [0.29, 0.717) is 12.2 Å². The predicted molar refractivity (Wildman–Crippen MR) is 105 cm³/mol. The lowest BCUT2D eigenvalue weighted by molar-refractivity contribution is -0.137. The van der Waals surface area contributed by atoms with Crippen molar-refractivity contribution in [1.82, 2.24) is 9.88 Å². The first-order valence-corrected chi connectivity index (χ1v) is 9.40. The molecule has 144 valence electrons. The molecule has 3 aromatic rings. The molecule has 0 bridgehead atoms. The molecule has 1 aliphatic rings. The number of carboxylic acids is 1. The van der Waals surface area contributed by atoms with Gasteiger partial charge in [0.05, 0.1) is 0 Å². The zero-order valence-corrected chi connectivity index (χ0v) is 15.4. The number of rotatable bonds is 6. The molecule has 0 saturated carbocycles. The summed E-state index contributed by atoms with van der Waals surface area (Å²) in [6.07, 6.45) is 2.21. The van der Waals surface area contributed by atoms with Crippen molar-refractivity contribution in [2.75, 3.05) is 6.61 Å². The molecule has 1 aromatic heterocycles. The van der Waals surface area contributed by atoms with Crippen molar-refractivity contribution in [2.45, 2.75) is 31.8 Å². The monoisotopic (exact) mass is 378 g/mol. The van der Waals surface area contributed by atoms with Gasteiger partial charge in [-0.2, -0.15) is 0 Å². The number of hydrogen-bond donors (Lipinski definition) is 2. The fourth-order valence-electron chi connectivity index (χ4n) is 3.97. The normalized spacial score (nSPS) is 15.8. The van der Waals surface area contributed by atoms with Gasteiger partial charge in [-0.25, -0.2) is 0 Å². The van der Waals surface area contributed by atoms with E-state index in [9.17, 15) is 14.7 Å². The van der Waals surface area contributed by atoms with Gasteiger partial charge in [0, 0.05) is 22.6 Å². The van der Waals surface area contributed by atoms with Gasteiger partial charge >= 0.3 is 5.97 Å². The second-order valence-corrected chi connectivity index (χ2v) is 7.03. The maximum absolute atomic E-state index is 12.3. The largest absolute Gasteiger partial charge is 0.484 e. The number of carbonyl (C=O) groups is 2. The van der Waals surface area contributed by atoms with Gasteiger partial charge < -0.3 is 19.7 Å². The van der Waals surface area contributed by atoms with Crippen LogP contribution >= 0.6 is 0 Å². The van der Waals surface area contributed by atoms with Gasteiger partial charge in [-0.15, -0.1) is 0 Å². The van der Waals surface area contributed by atoms with Crippen LogP contribution in [0.4, 0.5) is 0 Å². The van der Waals surface area contributed by atoms with Crippen molar-refractivity contribution in [2.24, 2.45) is 0 Å². The van der Waals surface area contributed by atoms with Crippen molar-refractivity contribution in [3.8, 4) is 5.75 Å². The Morgan fingerprint density at radius 3 is 2.64 bits per heavy atom. The molecule has 0 saturated heterocycles. The van der Waals surface area contributed by atoms with Crippen molar-refractivity contribution in [3.05, 3.63) is 65.9 Å². The molecule has 2 N–H and O–H groups in total. The molecule has 2 aromatic carbocycles. The maximum atomic E-state index is 12.3. The standard InChI is InChI=1S/C22H22N2O4/c25-21(14-28-16-6-2-1-3-7-16)23-15-10-11-20-18(12-15)17-8-4-5-9-19(17)24(20)13-22(26)27/h1-9,15H,10-14H2,(H,23,25)(H,26,27)/t15-/m0/s1. The van der Waals surface area contributed by atoms with Crippen molar-refractivity contribution >= 4 is 22.8 Å². The van der Waals surface area contributed by atoms with Gasteiger partial charge in [0.25, 0.3) is 5.91 Å². The lowest BCUT2D eigenvalue weighted by Gasteiger charge is -2.25. The number of carboxylic acid groups (broad SMARTS) is 1. The van der Waals surface area contributed by atoms with E-state index in [1.807, 2.05) is 59.2 Å². The van der Waals surface area contributed by atoms with E-state index in [0.717, 1.165) is 35.0 Å². The molecule has 6 nitrogen and oxygen atoms in total. The van der Waals surface area contributed by atoms with E-state index < -0.39 is 5.97 Å². The third kappa shape index (κ3) is 3.71. The van der Waals surface area contributed by atoms with Gasteiger partial charge in [-0.05, 0) is 43.0 Å². The average Bonchev–Trinajstić information content (AvgIpc) is 3.00. The number of nitrogens with zero attached hydrogens (tertiary/aromatic N) is 1. The molecular formula is C22H22N2O4. The molecule has 1 heterocycles. The average molecular weight is 378 g/mol. The third-order valence-electron chi connectivity index (χ3n) is 5.15. The molecule has 28 heavy (non-hydrogen) atoms. The Morgan fingerprint density at radius 2 is 1.86 bits per heavy atom. The minimum atomic E-state index is -0.850. The van der Waals surface area contributed by atoms with Gasteiger partial charge in [-0.1, -0.05) is 36.4 Å². The number of amides is 1. The van der Waals surface area contributed by atoms with E-state index in [1.165, 1.54) is 0 Å². The zero-order valence-electron chi connectivity index (χ0n) is 15.4. The quantitative estimate of drug-likeness (QED) is 0.691. The number of hydrogen-bond acceptors (Lipinski definition) is 3. The second-order valence-electron chi connectivity index (χ2n) is 7.03. The maximum Gasteiger partial charge on any atom is 0.323 e. The number of para-hydroxylation sites is 2. The summed E-state index contributed by atoms with van der Waals surface area (Å²) in [6, 6.07) is 17.1. The van der Waals surface area contributed by atoms with E-state index in [2.05, 4.69) is 5.32 Å². The molecule has 0 fully saturated rings. The lowest BCUT2D eigenvalue weighted by Crippen LogP contribution is -2.41. The molecule has 0 radical (unpaired) electrons. The SMILES string of the molecule is O=C(O)Cn1c2c(c3ccccc31)C[C@@H](NC(=O)COc1ccccc1)CC2. The first-order chi connectivity index (χ1) is 13.6. The summed E-state index contributed by atoms with van der Waals surface area (Å²) < 4.78 is 7.41. The van der Waals surface area contributed by atoms with Crippen LogP contribution in [-0.4, -0.2) is 34.2 Å². The number of carbonyl (C=O) groups excluding carboxylic acids is 1. The number of aromatic nitrogens is 1. The summed E-state index contributed by atoms with van der Waals surface area (Å²) in [7, 11) is 0. The summed E-state index contributed by atoms with van der Waals surface area (Å²) >= 11 is 0. The Bertz CT molecular complexity index is 1010. The zero-order chi connectivity index (χ0) is 19.5. The van der Waals surface area contributed by atoms with Crippen LogP contribution in [0.1, 0.15) is 17.7 Å². The van der Waals surface area contributed by atoms with E-state index in [1.54, 1.807) is 0 Å². The van der Waals surface area contributed by atoms with E-state index in [4.69, 9.17) is 4.74 Å². The number of nitrogens with one attached hydrogen (secondary N) is 1. The highest BCUT2D eigenvalue weighted by molar-refractivity contribution is 5.87. The van der Waals surface area contributed by atoms with Crippen molar-refractivity contribution < 1.29 is 19.4 Å². The molecule has 1 atom stereocenters. The highest BCUT2D eigenvalue weighted by Crippen LogP contribution is 2.32. The molecule has 1 amide bonds. The molecule has 6 heteroatoms. The van der Waals surface area contributed by atoms with E-state index >= 15 is 0 Å². The van der Waals surface area contributed by atoms with Gasteiger partial charge in [0.2, 0.25) is 0 Å². The van der Waals surface area contributed by atoms with Crippen LogP contribution in [0.25, 0.3) is 10.9 Å². The smallest absolute Gasteiger partial charge is 0.323 e. The van der Waals surface area contributed by atoms with Crippen LogP contribution in [-0.2, 0) is 29.0 Å². The van der Waals surface area contributed by atoms with Crippen molar-refractivity contribution in [1.29, 1.82) is 0 Å². The fourth-order valence-corrected chi connectivity index (χ4v) is 3.97. The van der Waals surface area contributed by atoms with Crippen LogP contribution in [0.3, 0.4) is 0 Å². The highest BCUT2D eigenvalue weighted by Gasteiger charge is 2.26. The number of ether oxygens (including phenoxy) is 1. The first kappa shape index (κ1) is 18.1. The summed E-state index contributed by atoms with van der Waals surface area (Å²) in [6.45, 7) is -0.0636. The number of aliphatic carboxylic acids is 1. The lowest BCUT2D eigenvalue weighted by atomic mass is 9.91. The van der Waals surface area contributed by atoms with Gasteiger partial charge in [0.1, 0.15) is 12.3 Å². The minimum Gasteiger partial charge on any atom is -0.484 e. The van der Waals surface area contributed by atoms with Crippen LogP contribution in [0.15, 0.2) is 54.6 Å². The minimum absolute atomic E-state index is 0.0171. The molecule has 0 spiro atoms. The Labute approximate surface area is 162 Å². The predicted octanol–water partition coefficient (Wildman–Crippen LogP) is 2.78. The fraction of sp³-hybridized carbons (Fsp3) is 0.273. The molecule has 0 unspecified atom stereocenters. The summed E-state index contributed by atoms with van der Waals surface area (Å²) in [5, 5.41) is 13.4. The first-order valence-electron chi connectivity index (χ1n) is 9.40. The summed E-state index contributed by atoms with van der Waals surface area (Å²) in [4.78, 5) is 23.6. The number of fused-ring (bicyclic) bond motifs is 3. The molecule has 1 aliphatic carbocycles. The Kier molecular flexibility index (Phi) is 5.02. The van der Waals surface area contributed by atoms with Crippen LogP contribution < -0.4 is 10.1 Å². The molecule has 4 rings (SSSR count). The highest BCUT2D eigenvalue weighted by atomic mass is 16.5. The van der Waals surface area contributed by atoms with Crippen molar-refractivity contribution in [3.63, 3.8) is 0 Å². The Balaban J connectivity index is 1.47. The van der Waals surface area contributed by atoms with Gasteiger partial charge in [-0.3, -0.25) is 9.59 Å². The number of benzene rings is 2. The molecular weight excluding hydrogens is 356 g/mol. The van der Waals surface area contributed by atoms with Crippen LogP contribution in [0, 0.1) is 0 Å². The summed E-state index contributed by atoms with van der Waals surface area (Å²) in [5.41, 5.74) is 3.14. The summed E-state index contributed by atoms with van der Waals surface area (Å²) in [5.74, 6) is -0.330.